The van der Waals surface area contributed by atoms with Gasteiger partial charge >= 0.3 is 5.97 Å². The van der Waals surface area contributed by atoms with Crippen LogP contribution in [0.1, 0.15) is 36.0 Å². The number of sulfonamides is 1. The number of hydrogen-bond donors (Lipinski definition) is 2. The van der Waals surface area contributed by atoms with Gasteiger partial charge in [-0.1, -0.05) is 0 Å². The summed E-state index contributed by atoms with van der Waals surface area (Å²) in [6, 6.07) is 4.36. The molecule has 1 heterocycles. The summed E-state index contributed by atoms with van der Waals surface area (Å²) >= 11 is 0. The van der Waals surface area contributed by atoms with Crippen LogP contribution in [0.3, 0.4) is 0 Å². The summed E-state index contributed by atoms with van der Waals surface area (Å²) in [6.45, 7) is 1.62. The summed E-state index contributed by atoms with van der Waals surface area (Å²) in [5.41, 5.74) is 0.654. The summed E-state index contributed by atoms with van der Waals surface area (Å²) in [5.74, 6) is -1.10. The van der Waals surface area contributed by atoms with Crippen LogP contribution in [0.2, 0.25) is 0 Å². The van der Waals surface area contributed by atoms with Gasteiger partial charge in [-0.25, -0.2) is 17.9 Å². The molecule has 7 heteroatoms. The Morgan fingerprint density at radius 1 is 1.24 bits per heavy atom. The molecule has 6 nitrogen and oxygen atoms in total. The minimum atomic E-state index is -3.63. The highest BCUT2D eigenvalue weighted by Crippen LogP contribution is 2.28. The highest BCUT2D eigenvalue weighted by atomic mass is 32.2. The molecule has 0 spiro atoms. The maximum atomic E-state index is 12.2. The van der Waals surface area contributed by atoms with E-state index in [-0.39, 0.29) is 16.5 Å². The van der Waals surface area contributed by atoms with Crippen LogP contribution >= 0.6 is 0 Å². The summed E-state index contributed by atoms with van der Waals surface area (Å²) < 4.78 is 26.9. The molecule has 0 unspecified atom stereocenters. The smallest absolute Gasteiger partial charge is 0.337 e. The lowest BCUT2D eigenvalue weighted by atomic mass is 10.1. The molecule has 0 radical (unpaired) electrons. The van der Waals surface area contributed by atoms with Gasteiger partial charge in [0.1, 0.15) is 0 Å². The van der Waals surface area contributed by atoms with Crippen LogP contribution in [-0.2, 0) is 10.0 Å². The highest BCUT2D eigenvalue weighted by Gasteiger charge is 2.29. The van der Waals surface area contributed by atoms with Crippen LogP contribution in [0, 0.1) is 0 Å². The predicted molar refractivity (Wildman–Crippen MR) is 78.2 cm³/mol. The van der Waals surface area contributed by atoms with Crippen molar-refractivity contribution in [3.05, 3.63) is 23.8 Å². The summed E-state index contributed by atoms with van der Waals surface area (Å²) in [4.78, 5) is 13.5. The number of nitrogens with zero attached hydrogens (tertiary/aromatic N) is 1. The molecule has 1 aliphatic heterocycles. The first-order chi connectivity index (χ1) is 9.97. The van der Waals surface area contributed by atoms with Gasteiger partial charge in [-0.2, -0.15) is 0 Å². The second-order valence-electron chi connectivity index (χ2n) is 5.57. The van der Waals surface area contributed by atoms with E-state index in [2.05, 4.69) is 4.72 Å². The Morgan fingerprint density at radius 2 is 1.90 bits per heavy atom. The highest BCUT2D eigenvalue weighted by molar-refractivity contribution is 7.89. The van der Waals surface area contributed by atoms with E-state index in [4.69, 9.17) is 0 Å². The minimum absolute atomic E-state index is 0.00142. The van der Waals surface area contributed by atoms with Crippen LogP contribution in [0.4, 0.5) is 5.69 Å². The van der Waals surface area contributed by atoms with E-state index >= 15 is 0 Å². The average Bonchev–Trinajstić information content (AvgIpc) is 3.07. The van der Waals surface area contributed by atoms with Crippen LogP contribution in [0.15, 0.2) is 23.1 Å². The molecule has 0 amide bonds. The number of aromatic carboxylic acids is 1. The van der Waals surface area contributed by atoms with Gasteiger partial charge in [0.25, 0.3) is 0 Å². The van der Waals surface area contributed by atoms with Crippen LogP contribution in [-0.4, -0.2) is 38.6 Å². The maximum Gasteiger partial charge on any atom is 0.337 e. The number of rotatable bonds is 5. The average molecular weight is 310 g/mol. The first-order valence-corrected chi connectivity index (χ1v) is 8.60. The van der Waals surface area contributed by atoms with Gasteiger partial charge in [-0.05, 0) is 43.9 Å². The first kappa shape index (κ1) is 14.3. The number of nitrogens with one attached hydrogen (secondary N) is 1. The largest absolute Gasteiger partial charge is 0.478 e. The molecule has 1 saturated heterocycles. The number of anilines is 1. The molecule has 1 aliphatic carbocycles. The molecule has 21 heavy (non-hydrogen) atoms. The predicted octanol–water partition coefficient (Wildman–Crippen LogP) is 1.43. The Bertz CT molecular complexity index is 662. The topological polar surface area (TPSA) is 86.7 Å². The molecule has 2 fully saturated rings. The third kappa shape index (κ3) is 3.03. The third-order valence-corrected chi connectivity index (χ3v) is 5.37. The number of carboxylic acid groups (broad SMARTS) is 1. The zero-order valence-electron chi connectivity index (χ0n) is 11.6. The van der Waals surface area contributed by atoms with Gasteiger partial charge in [-0.15, -0.1) is 0 Å². The molecule has 0 aromatic heterocycles. The van der Waals surface area contributed by atoms with Gasteiger partial charge in [0.2, 0.25) is 10.0 Å². The molecular formula is C14H18N2O4S. The van der Waals surface area contributed by atoms with Crippen molar-refractivity contribution in [2.45, 2.75) is 36.6 Å². The number of hydrogen-bond acceptors (Lipinski definition) is 4. The van der Waals surface area contributed by atoms with Gasteiger partial charge in [0.15, 0.2) is 0 Å². The number of benzene rings is 1. The van der Waals surface area contributed by atoms with E-state index in [1.807, 2.05) is 4.90 Å². The lowest BCUT2D eigenvalue weighted by Crippen LogP contribution is -2.26. The number of carbonyl (C=O) groups is 1. The standard InChI is InChI=1S/C14H18N2O4S/c17-14(18)12-9-11(21(19,20)15-10-3-4-10)5-6-13(12)16-7-1-2-8-16/h5-6,9-10,15H,1-4,7-8H2,(H,17,18). The molecule has 1 aromatic rings. The van der Waals surface area contributed by atoms with Crippen molar-refractivity contribution in [1.82, 2.24) is 4.72 Å². The maximum absolute atomic E-state index is 12.2. The van der Waals surface area contributed by atoms with Crippen LogP contribution in [0.5, 0.6) is 0 Å². The fourth-order valence-corrected chi connectivity index (χ4v) is 3.91. The Hall–Kier alpha value is -1.60. The Morgan fingerprint density at radius 3 is 2.48 bits per heavy atom. The fraction of sp³-hybridized carbons (Fsp3) is 0.500. The van der Waals surface area contributed by atoms with Crippen molar-refractivity contribution in [1.29, 1.82) is 0 Å². The van der Waals surface area contributed by atoms with E-state index in [1.165, 1.54) is 12.1 Å². The Labute approximate surface area is 123 Å². The fourth-order valence-electron chi connectivity index (χ4n) is 2.58. The van der Waals surface area contributed by atoms with Crippen molar-refractivity contribution in [3.8, 4) is 0 Å². The van der Waals surface area contributed by atoms with Gasteiger partial charge in [-0.3, -0.25) is 0 Å². The van der Waals surface area contributed by atoms with E-state index in [0.717, 1.165) is 38.8 Å². The van der Waals surface area contributed by atoms with E-state index in [0.29, 0.717) is 5.69 Å². The SMILES string of the molecule is O=C(O)c1cc(S(=O)(=O)NC2CC2)ccc1N1CCCC1. The van der Waals surface area contributed by atoms with Crippen molar-refractivity contribution in [3.63, 3.8) is 0 Å². The summed E-state index contributed by atoms with van der Waals surface area (Å²) in [6.07, 6.45) is 3.75. The molecule has 3 rings (SSSR count). The zero-order valence-corrected chi connectivity index (χ0v) is 12.4. The molecule has 0 bridgehead atoms. The van der Waals surface area contributed by atoms with E-state index in [9.17, 15) is 18.3 Å². The molecule has 1 saturated carbocycles. The lowest BCUT2D eigenvalue weighted by Gasteiger charge is -2.20. The molecule has 2 aliphatic rings. The normalized spacial score (nSPS) is 19.0. The van der Waals surface area contributed by atoms with E-state index in [1.54, 1.807) is 6.07 Å². The van der Waals surface area contributed by atoms with Crippen molar-refractivity contribution < 1.29 is 18.3 Å². The zero-order chi connectivity index (χ0) is 15.0. The monoisotopic (exact) mass is 310 g/mol. The first-order valence-electron chi connectivity index (χ1n) is 7.12. The molecule has 1 aromatic carbocycles. The lowest BCUT2D eigenvalue weighted by molar-refractivity contribution is 0.0697. The second kappa shape index (κ2) is 5.31. The minimum Gasteiger partial charge on any atom is -0.478 e. The Kier molecular flexibility index (Phi) is 3.62. The molecule has 2 N–H and O–H groups in total. The molecule has 114 valence electrons. The summed E-state index contributed by atoms with van der Waals surface area (Å²) in [7, 11) is -3.63. The van der Waals surface area contributed by atoms with Crippen LogP contribution in [0.25, 0.3) is 0 Å². The van der Waals surface area contributed by atoms with Gasteiger partial charge < -0.3 is 10.0 Å². The quantitative estimate of drug-likeness (QED) is 0.859. The van der Waals surface area contributed by atoms with E-state index < -0.39 is 16.0 Å². The molecule has 0 atom stereocenters. The van der Waals surface area contributed by atoms with Crippen molar-refractivity contribution in [2.75, 3.05) is 18.0 Å². The van der Waals surface area contributed by atoms with Crippen LogP contribution < -0.4 is 9.62 Å². The van der Waals surface area contributed by atoms with Gasteiger partial charge in [0.05, 0.1) is 16.1 Å². The van der Waals surface area contributed by atoms with Crippen molar-refractivity contribution >= 4 is 21.7 Å². The Balaban J connectivity index is 1.96. The van der Waals surface area contributed by atoms with Gasteiger partial charge in [0, 0.05) is 19.1 Å². The summed E-state index contributed by atoms with van der Waals surface area (Å²) in [5, 5.41) is 9.37. The third-order valence-electron chi connectivity index (χ3n) is 3.85. The molecular weight excluding hydrogens is 292 g/mol. The number of carboxylic acids is 1. The second-order valence-corrected chi connectivity index (χ2v) is 7.29. The van der Waals surface area contributed by atoms with Crippen molar-refractivity contribution in [2.24, 2.45) is 0 Å².